The number of halogens is 1. The molecule has 0 bridgehead atoms. The van der Waals surface area contributed by atoms with E-state index < -0.39 is 0 Å². The van der Waals surface area contributed by atoms with Crippen LogP contribution in [0.4, 0.5) is 0 Å². The zero-order valence-electron chi connectivity index (χ0n) is 17.3. The number of rotatable bonds is 7. The number of pyridine rings is 1. The van der Waals surface area contributed by atoms with Crippen LogP contribution in [0.2, 0.25) is 0 Å². The van der Waals surface area contributed by atoms with E-state index in [4.69, 9.17) is 9.47 Å². The van der Waals surface area contributed by atoms with Crippen LogP contribution in [0.1, 0.15) is 24.9 Å². The summed E-state index contributed by atoms with van der Waals surface area (Å²) in [5, 5.41) is 3.46. The summed E-state index contributed by atoms with van der Waals surface area (Å²) in [5.41, 5.74) is 1.08. The highest BCUT2D eigenvalue weighted by molar-refractivity contribution is 14.0. The van der Waals surface area contributed by atoms with Crippen LogP contribution in [0.3, 0.4) is 0 Å². The van der Waals surface area contributed by atoms with Crippen LogP contribution in [-0.4, -0.2) is 65.9 Å². The number of aliphatic imine (C=N–C) groups is 1. The van der Waals surface area contributed by atoms with Crippen molar-refractivity contribution in [2.24, 2.45) is 10.9 Å². The van der Waals surface area contributed by atoms with E-state index in [2.05, 4.69) is 36.7 Å². The van der Waals surface area contributed by atoms with Gasteiger partial charge in [-0.1, -0.05) is 13.0 Å². The van der Waals surface area contributed by atoms with E-state index in [-0.39, 0.29) is 24.0 Å². The van der Waals surface area contributed by atoms with Gasteiger partial charge in [0.15, 0.2) is 5.96 Å². The monoisotopic (exact) mass is 514 g/mol. The lowest BCUT2D eigenvalue weighted by molar-refractivity contribution is 0.143. The van der Waals surface area contributed by atoms with Crippen molar-refractivity contribution < 1.29 is 9.47 Å². The Kier molecular flexibility index (Phi) is 9.65. The number of ether oxygens (including phenoxy) is 2. The number of aromatic nitrogens is 3. The smallest absolute Gasteiger partial charge is 0.213 e. The summed E-state index contributed by atoms with van der Waals surface area (Å²) < 4.78 is 12.7. The van der Waals surface area contributed by atoms with Crippen molar-refractivity contribution in [1.29, 1.82) is 0 Å². The van der Waals surface area contributed by atoms with Gasteiger partial charge < -0.3 is 24.3 Å². The molecule has 2 unspecified atom stereocenters. The highest BCUT2D eigenvalue weighted by Gasteiger charge is 2.28. The molecular weight excluding hydrogens is 483 g/mol. The van der Waals surface area contributed by atoms with Gasteiger partial charge in [0.05, 0.1) is 19.0 Å². The van der Waals surface area contributed by atoms with Crippen molar-refractivity contribution >= 4 is 29.9 Å². The van der Waals surface area contributed by atoms with Gasteiger partial charge in [0.2, 0.25) is 5.88 Å². The average Bonchev–Trinajstić information content (AvgIpc) is 3.25. The summed E-state index contributed by atoms with van der Waals surface area (Å²) in [4.78, 5) is 15.3. The van der Waals surface area contributed by atoms with E-state index in [0.717, 1.165) is 31.0 Å². The maximum absolute atomic E-state index is 5.50. The summed E-state index contributed by atoms with van der Waals surface area (Å²) in [6.45, 7) is 5.94. The molecule has 9 heteroatoms. The molecule has 8 nitrogen and oxygen atoms in total. The third-order valence-corrected chi connectivity index (χ3v) is 5.12. The second-order valence-corrected chi connectivity index (χ2v) is 7.04. The fraction of sp³-hybridized carbons (Fsp3) is 0.550. The average molecular weight is 514 g/mol. The first kappa shape index (κ1) is 23.4. The Labute approximate surface area is 189 Å². The number of imidazole rings is 1. The van der Waals surface area contributed by atoms with Crippen LogP contribution < -0.4 is 10.1 Å². The van der Waals surface area contributed by atoms with Crippen molar-refractivity contribution in [3.63, 3.8) is 0 Å². The Balaban J connectivity index is 0.00000300. The highest BCUT2D eigenvalue weighted by Crippen LogP contribution is 2.27. The number of hydrogen-bond acceptors (Lipinski definition) is 5. The number of nitrogens with one attached hydrogen (secondary N) is 1. The molecule has 1 aliphatic rings. The first-order chi connectivity index (χ1) is 13.7. The van der Waals surface area contributed by atoms with Gasteiger partial charge in [-0.25, -0.2) is 9.97 Å². The molecule has 3 rings (SSSR count). The summed E-state index contributed by atoms with van der Waals surface area (Å²) in [6.07, 6.45) is 8.74. The van der Waals surface area contributed by atoms with Gasteiger partial charge in [0, 0.05) is 58.4 Å². The lowest BCUT2D eigenvalue weighted by Gasteiger charge is -2.39. The Bertz CT molecular complexity index is 738. The molecule has 29 heavy (non-hydrogen) atoms. The Morgan fingerprint density at radius 3 is 2.86 bits per heavy atom. The maximum atomic E-state index is 5.50. The van der Waals surface area contributed by atoms with E-state index in [1.54, 1.807) is 7.11 Å². The molecule has 1 saturated heterocycles. The molecule has 0 saturated carbocycles. The Morgan fingerprint density at radius 1 is 1.34 bits per heavy atom. The molecule has 160 valence electrons. The molecular formula is C20H31IN6O2. The second-order valence-electron chi connectivity index (χ2n) is 7.04. The van der Waals surface area contributed by atoms with E-state index >= 15 is 0 Å². The predicted octanol–water partition coefficient (Wildman–Crippen LogP) is 2.58. The van der Waals surface area contributed by atoms with Crippen LogP contribution in [0.5, 0.6) is 5.88 Å². The van der Waals surface area contributed by atoms with Gasteiger partial charge in [-0.05, 0) is 17.9 Å². The maximum Gasteiger partial charge on any atom is 0.213 e. The standard InChI is InChI=1S/C20H30N6O2.HI/c1-16-6-8-25(14-18(16)26-9-7-22-15-26)20(21-2)24-13-17-4-5-19(23-12-17)28-11-10-27-3;/h4-5,7,9,12,15-16,18H,6,8,10-11,13-14H2,1-3H3,(H,21,24);1H. The molecule has 0 aromatic carbocycles. The lowest BCUT2D eigenvalue weighted by atomic mass is 9.93. The van der Waals surface area contributed by atoms with Crippen molar-refractivity contribution in [1.82, 2.24) is 24.8 Å². The fourth-order valence-corrected chi connectivity index (χ4v) is 3.44. The molecule has 1 N–H and O–H groups in total. The molecule has 0 aliphatic carbocycles. The third kappa shape index (κ3) is 6.56. The topological polar surface area (TPSA) is 76.8 Å². The lowest BCUT2D eigenvalue weighted by Crippen LogP contribution is -2.48. The number of nitrogens with zero attached hydrogens (tertiary/aromatic N) is 5. The number of methoxy groups -OCH3 is 1. The van der Waals surface area contributed by atoms with Crippen LogP contribution in [0.25, 0.3) is 0 Å². The zero-order chi connectivity index (χ0) is 19.8. The molecule has 1 aliphatic heterocycles. The fourth-order valence-electron chi connectivity index (χ4n) is 3.44. The van der Waals surface area contributed by atoms with E-state index in [1.165, 1.54) is 0 Å². The molecule has 2 atom stereocenters. The van der Waals surface area contributed by atoms with Gasteiger partial charge in [0.25, 0.3) is 0 Å². The van der Waals surface area contributed by atoms with Crippen molar-refractivity contribution in [3.05, 3.63) is 42.6 Å². The first-order valence-corrected chi connectivity index (χ1v) is 9.71. The van der Waals surface area contributed by atoms with E-state index in [9.17, 15) is 0 Å². The Morgan fingerprint density at radius 2 is 2.21 bits per heavy atom. The summed E-state index contributed by atoms with van der Waals surface area (Å²) in [5.74, 6) is 2.13. The number of guanidine groups is 1. The van der Waals surface area contributed by atoms with Gasteiger partial charge in [-0.15, -0.1) is 24.0 Å². The molecule has 0 spiro atoms. The minimum atomic E-state index is 0. The molecule has 3 heterocycles. The SMILES string of the molecule is CN=C(NCc1ccc(OCCOC)nc1)N1CCC(C)C(n2ccnc2)C1.I. The van der Waals surface area contributed by atoms with Crippen LogP contribution >= 0.6 is 24.0 Å². The zero-order valence-corrected chi connectivity index (χ0v) is 19.7. The molecule has 2 aromatic rings. The quantitative estimate of drug-likeness (QED) is 0.265. The van der Waals surface area contributed by atoms with Gasteiger partial charge in [0.1, 0.15) is 6.61 Å². The van der Waals surface area contributed by atoms with Crippen molar-refractivity contribution in [2.75, 3.05) is 40.5 Å². The predicted molar refractivity (Wildman–Crippen MR) is 124 cm³/mol. The van der Waals surface area contributed by atoms with Gasteiger partial charge in [-0.3, -0.25) is 4.99 Å². The highest BCUT2D eigenvalue weighted by atomic mass is 127. The number of piperidine rings is 1. The second kappa shape index (κ2) is 12.0. The van der Waals surface area contributed by atoms with Gasteiger partial charge in [-0.2, -0.15) is 0 Å². The van der Waals surface area contributed by atoms with Crippen LogP contribution in [-0.2, 0) is 11.3 Å². The van der Waals surface area contributed by atoms with Crippen molar-refractivity contribution in [3.8, 4) is 5.88 Å². The van der Waals surface area contributed by atoms with E-state index in [1.807, 2.05) is 44.1 Å². The summed E-state index contributed by atoms with van der Waals surface area (Å²) >= 11 is 0. The van der Waals surface area contributed by atoms with Crippen LogP contribution in [0.15, 0.2) is 42.0 Å². The summed E-state index contributed by atoms with van der Waals surface area (Å²) in [6, 6.07) is 4.30. The largest absolute Gasteiger partial charge is 0.475 e. The Hall–Kier alpha value is -1.88. The first-order valence-electron chi connectivity index (χ1n) is 9.71. The number of hydrogen-bond donors (Lipinski definition) is 1. The van der Waals surface area contributed by atoms with Crippen LogP contribution in [0, 0.1) is 5.92 Å². The van der Waals surface area contributed by atoms with Crippen molar-refractivity contribution in [2.45, 2.75) is 25.9 Å². The van der Waals surface area contributed by atoms with Gasteiger partial charge >= 0.3 is 0 Å². The molecule has 0 amide bonds. The minimum absolute atomic E-state index is 0. The molecule has 0 radical (unpaired) electrons. The molecule has 2 aromatic heterocycles. The number of likely N-dealkylation sites (tertiary alicyclic amines) is 1. The normalized spacial score (nSPS) is 19.6. The third-order valence-electron chi connectivity index (χ3n) is 5.12. The molecule has 1 fully saturated rings. The summed E-state index contributed by atoms with van der Waals surface area (Å²) in [7, 11) is 3.48. The van der Waals surface area contributed by atoms with E-state index in [0.29, 0.717) is 37.6 Å². The minimum Gasteiger partial charge on any atom is -0.475 e.